The third-order valence-electron chi connectivity index (χ3n) is 2.01. The van der Waals surface area contributed by atoms with Crippen LogP contribution in [0.4, 0.5) is 0 Å². The van der Waals surface area contributed by atoms with Gasteiger partial charge in [-0.2, -0.15) is 0 Å². The van der Waals surface area contributed by atoms with Gasteiger partial charge in [0.1, 0.15) is 6.54 Å². The van der Waals surface area contributed by atoms with E-state index >= 15 is 0 Å². The third kappa shape index (κ3) is 7.25. The summed E-state index contributed by atoms with van der Waals surface area (Å²) in [6.45, 7) is -0.393. The van der Waals surface area contributed by atoms with E-state index in [4.69, 9.17) is 5.11 Å². The van der Waals surface area contributed by atoms with Crippen LogP contribution in [-0.4, -0.2) is 34.4 Å². The zero-order valence-corrected chi connectivity index (χ0v) is 10.4. The molecule has 0 spiro atoms. The molecule has 5 nitrogen and oxygen atoms in total. The zero-order valence-electron chi connectivity index (χ0n) is 9.59. The Bertz CT molecular complexity index is 434. The number of amides is 1. The number of carboxylic acids is 1. The Balaban J connectivity index is 0.00000324. The lowest BCUT2D eigenvalue weighted by Gasteiger charge is -2.02. The minimum Gasteiger partial charge on any atom is -0.480 e. The second-order valence-corrected chi connectivity index (χ2v) is 4.49. The number of benzene rings is 1. The van der Waals surface area contributed by atoms with Crippen LogP contribution in [0.5, 0.6) is 0 Å². The fourth-order valence-electron chi connectivity index (χ4n) is 1.16. The number of hydrogen-bond acceptors (Lipinski definition) is 4. The van der Waals surface area contributed by atoms with E-state index in [1.807, 2.05) is 6.07 Å². The van der Waals surface area contributed by atoms with Crippen molar-refractivity contribution in [3.8, 4) is 0 Å². The van der Waals surface area contributed by atoms with Crippen LogP contribution in [-0.2, 0) is 9.59 Å². The average Bonchev–Trinajstić information content (AvgIpc) is 2.37. The third-order valence-corrected chi connectivity index (χ3v) is 2.91. The molecule has 1 aromatic rings. The van der Waals surface area contributed by atoms with Crippen molar-refractivity contribution in [3.63, 3.8) is 0 Å². The van der Waals surface area contributed by atoms with Gasteiger partial charge in [0, 0.05) is 17.7 Å². The molecule has 0 aliphatic carbocycles. The minimum absolute atomic E-state index is 0. The van der Waals surface area contributed by atoms with E-state index in [1.165, 1.54) is 0 Å². The van der Waals surface area contributed by atoms with E-state index in [0.717, 1.165) is 11.8 Å². The molecular formula is C13H17NO4S. The van der Waals surface area contributed by atoms with Gasteiger partial charge in [-0.25, -0.2) is 0 Å². The monoisotopic (exact) mass is 283 g/mol. The minimum atomic E-state index is -1.09. The van der Waals surface area contributed by atoms with E-state index in [9.17, 15) is 14.4 Å². The first-order valence-corrected chi connectivity index (χ1v) is 6.29. The first kappa shape index (κ1) is 17.2. The molecule has 1 amide bonds. The van der Waals surface area contributed by atoms with Crippen molar-refractivity contribution < 1.29 is 19.5 Å². The van der Waals surface area contributed by atoms with Crippen molar-refractivity contribution in [2.24, 2.45) is 0 Å². The summed E-state index contributed by atoms with van der Waals surface area (Å²) in [5.41, 5.74) is 0.591. The molecule has 0 saturated carbocycles. The Morgan fingerprint density at radius 1 is 1.16 bits per heavy atom. The van der Waals surface area contributed by atoms with E-state index in [2.05, 4.69) is 5.32 Å². The molecule has 104 valence electrons. The molecule has 0 unspecified atom stereocenters. The smallest absolute Gasteiger partial charge is 0.322 e. The van der Waals surface area contributed by atoms with E-state index in [0.29, 0.717) is 11.3 Å². The largest absolute Gasteiger partial charge is 0.480 e. The highest BCUT2D eigenvalue weighted by atomic mass is 32.2. The maximum absolute atomic E-state index is 11.6. The average molecular weight is 283 g/mol. The van der Waals surface area contributed by atoms with E-state index in [-0.39, 0.29) is 24.9 Å². The first-order valence-electron chi connectivity index (χ1n) is 5.30. The SMILES string of the molecule is C.O=C(O)CNC(=O)CCSC(=O)c1ccccc1. The van der Waals surface area contributed by atoms with Crippen molar-refractivity contribution in [2.75, 3.05) is 12.3 Å². The predicted octanol–water partition coefficient (Wildman–Crippen LogP) is 1.79. The Labute approximate surface area is 116 Å². The Hall–Kier alpha value is -1.82. The summed E-state index contributed by atoms with van der Waals surface area (Å²) >= 11 is 1.04. The number of carboxylic acid groups (broad SMARTS) is 1. The van der Waals surface area contributed by atoms with Gasteiger partial charge in [0.05, 0.1) is 0 Å². The lowest BCUT2D eigenvalue weighted by molar-refractivity contribution is -0.137. The van der Waals surface area contributed by atoms with Gasteiger partial charge in [-0.15, -0.1) is 0 Å². The maximum atomic E-state index is 11.6. The molecule has 0 saturated heterocycles. The Morgan fingerprint density at radius 2 is 1.79 bits per heavy atom. The molecule has 0 radical (unpaired) electrons. The van der Waals surface area contributed by atoms with Crippen LogP contribution in [0.25, 0.3) is 0 Å². The fraction of sp³-hybridized carbons (Fsp3) is 0.308. The lowest BCUT2D eigenvalue weighted by Crippen LogP contribution is -2.29. The lowest BCUT2D eigenvalue weighted by atomic mass is 10.2. The summed E-state index contributed by atoms with van der Waals surface area (Å²) < 4.78 is 0. The summed E-state index contributed by atoms with van der Waals surface area (Å²) in [4.78, 5) is 33.0. The molecule has 0 heterocycles. The topological polar surface area (TPSA) is 83.5 Å². The van der Waals surface area contributed by atoms with E-state index in [1.54, 1.807) is 24.3 Å². The van der Waals surface area contributed by atoms with Crippen molar-refractivity contribution in [3.05, 3.63) is 35.9 Å². The molecule has 0 aromatic heterocycles. The van der Waals surface area contributed by atoms with Crippen LogP contribution >= 0.6 is 11.8 Å². The molecule has 2 N–H and O–H groups in total. The number of carbonyl (C=O) groups is 3. The van der Waals surface area contributed by atoms with Gasteiger partial charge in [-0.3, -0.25) is 14.4 Å². The molecule has 1 aromatic carbocycles. The molecule has 0 aliphatic heterocycles. The highest BCUT2D eigenvalue weighted by molar-refractivity contribution is 8.14. The van der Waals surface area contributed by atoms with Gasteiger partial charge >= 0.3 is 5.97 Å². The first-order chi connectivity index (χ1) is 8.59. The second-order valence-electron chi connectivity index (χ2n) is 3.42. The predicted molar refractivity (Wildman–Crippen MR) is 75.2 cm³/mol. The highest BCUT2D eigenvalue weighted by Gasteiger charge is 2.08. The molecule has 1 rings (SSSR count). The number of carbonyl (C=O) groups excluding carboxylic acids is 2. The second kappa shape index (κ2) is 9.16. The number of rotatable bonds is 6. The van der Waals surface area contributed by atoms with Crippen LogP contribution in [0.1, 0.15) is 24.2 Å². The Kier molecular flexibility index (Phi) is 8.28. The molecule has 6 heteroatoms. The normalized spacial score (nSPS) is 9.26. The van der Waals surface area contributed by atoms with Crippen LogP contribution in [0.2, 0.25) is 0 Å². The summed E-state index contributed by atoms with van der Waals surface area (Å²) in [6, 6.07) is 8.78. The molecule has 0 aliphatic rings. The van der Waals surface area contributed by atoms with Gasteiger partial charge in [-0.05, 0) is 0 Å². The van der Waals surface area contributed by atoms with Gasteiger partial charge in [0.15, 0.2) is 0 Å². The molecule has 0 bridgehead atoms. The standard InChI is InChI=1S/C12H13NO4S.CH4/c14-10(13-8-11(15)16)6-7-18-12(17)9-4-2-1-3-5-9;/h1-5H,6-8H2,(H,13,14)(H,15,16);1H4. The number of hydrogen-bond donors (Lipinski definition) is 2. The quantitative estimate of drug-likeness (QED) is 0.831. The summed E-state index contributed by atoms with van der Waals surface area (Å²) in [5, 5.41) is 10.5. The Morgan fingerprint density at radius 3 is 2.37 bits per heavy atom. The molecule has 0 fully saturated rings. The van der Waals surface area contributed by atoms with Crippen molar-refractivity contribution in [1.29, 1.82) is 0 Å². The van der Waals surface area contributed by atoms with E-state index < -0.39 is 12.5 Å². The summed E-state index contributed by atoms with van der Waals surface area (Å²) in [5.74, 6) is -1.12. The molecular weight excluding hydrogens is 266 g/mol. The van der Waals surface area contributed by atoms with Gasteiger partial charge in [0.2, 0.25) is 11.0 Å². The van der Waals surface area contributed by atoms with Gasteiger partial charge in [0.25, 0.3) is 0 Å². The number of thioether (sulfide) groups is 1. The van der Waals surface area contributed by atoms with Crippen LogP contribution < -0.4 is 5.32 Å². The van der Waals surface area contributed by atoms with Crippen LogP contribution in [0.15, 0.2) is 30.3 Å². The fourth-order valence-corrected chi connectivity index (χ4v) is 1.93. The van der Waals surface area contributed by atoms with Crippen molar-refractivity contribution in [1.82, 2.24) is 5.32 Å². The molecule has 0 atom stereocenters. The van der Waals surface area contributed by atoms with Crippen LogP contribution in [0, 0.1) is 0 Å². The summed E-state index contributed by atoms with van der Waals surface area (Å²) in [6.07, 6.45) is 0.122. The number of nitrogens with one attached hydrogen (secondary N) is 1. The summed E-state index contributed by atoms with van der Waals surface area (Å²) in [7, 11) is 0. The van der Waals surface area contributed by atoms with Crippen molar-refractivity contribution in [2.45, 2.75) is 13.8 Å². The van der Waals surface area contributed by atoms with Gasteiger partial charge in [-0.1, -0.05) is 49.5 Å². The maximum Gasteiger partial charge on any atom is 0.322 e. The van der Waals surface area contributed by atoms with Gasteiger partial charge < -0.3 is 10.4 Å². The van der Waals surface area contributed by atoms with Crippen LogP contribution in [0.3, 0.4) is 0 Å². The molecule has 19 heavy (non-hydrogen) atoms. The zero-order chi connectivity index (χ0) is 13.4. The number of aliphatic carboxylic acids is 1. The highest BCUT2D eigenvalue weighted by Crippen LogP contribution is 2.12. The van der Waals surface area contributed by atoms with Crippen molar-refractivity contribution >= 4 is 28.8 Å².